The minimum absolute atomic E-state index is 0.0609. The van der Waals surface area contributed by atoms with Crippen molar-refractivity contribution in [3.63, 3.8) is 0 Å². The number of nitrogens with two attached hydrogens (primary N) is 1. The van der Waals surface area contributed by atoms with Gasteiger partial charge in [-0.1, -0.05) is 0 Å². The van der Waals surface area contributed by atoms with Crippen molar-refractivity contribution in [1.29, 1.82) is 0 Å². The maximum Gasteiger partial charge on any atom is 0.255 e. The smallest absolute Gasteiger partial charge is 0.255 e. The molecule has 0 amide bonds. The van der Waals surface area contributed by atoms with E-state index in [2.05, 4.69) is 4.98 Å². The highest BCUT2D eigenvalue weighted by Gasteiger charge is 2.20. The van der Waals surface area contributed by atoms with Crippen LogP contribution in [-0.2, 0) is 27.9 Å². The molecular weight excluding hydrogens is 194 g/mol. The molecule has 1 aromatic heterocycles. The molecule has 0 saturated carbocycles. The summed E-state index contributed by atoms with van der Waals surface area (Å²) in [6.45, 7) is 1.32. The molecule has 2 heterocycles. The van der Waals surface area contributed by atoms with E-state index in [9.17, 15) is 8.42 Å². The maximum atomic E-state index is 11.0. The summed E-state index contributed by atoms with van der Waals surface area (Å²) in [5.41, 5.74) is 0. The van der Waals surface area contributed by atoms with Gasteiger partial charge >= 0.3 is 0 Å². The summed E-state index contributed by atoms with van der Waals surface area (Å²) in [4.78, 5) is 3.90. The van der Waals surface area contributed by atoms with Crippen LogP contribution in [0.5, 0.6) is 0 Å². The van der Waals surface area contributed by atoms with Gasteiger partial charge in [0.25, 0.3) is 10.0 Å². The van der Waals surface area contributed by atoms with E-state index < -0.39 is 10.0 Å². The molecule has 0 aromatic carbocycles. The molecule has 2 rings (SSSR count). The molecule has 2 N–H and O–H groups in total. The van der Waals surface area contributed by atoms with Gasteiger partial charge in [0.2, 0.25) is 0 Å². The van der Waals surface area contributed by atoms with Crippen molar-refractivity contribution in [3.05, 3.63) is 12.0 Å². The van der Waals surface area contributed by atoms with Gasteiger partial charge in [-0.05, 0) is 0 Å². The summed E-state index contributed by atoms with van der Waals surface area (Å²) in [5, 5.41) is 5.06. The Morgan fingerprint density at radius 2 is 2.38 bits per heavy atom. The van der Waals surface area contributed by atoms with Gasteiger partial charge in [0.05, 0.1) is 12.8 Å². The van der Waals surface area contributed by atoms with Crippen LogP contribution in [0.15, 0.2) is 11.2 Å². The molecule has 6 nitrogen and oxygen atoms in total. The average molecular weight is 203 g/mol. The van der Waals surface area contributed by atoms with Crippen LogP contribution in [0.2, 0.25) is 0 Å². The predicted octanol–water partition coefficient (Wildman–Crippen LogP) is -0.939. The summed E-state index contributed by atoms with van der Waals surface area (Å²) in [6.07, 6.45) is 1.26. The third-order valence-corrected chi connectivity index (χ3v) is 2.79. The van der Waals surface area contributed by atoms with Crippen molar-refractivity contribution in [1.82, 2.24) is 9.55 Å². The third kappa shape index (κ3) is 1.45. The highest BCUT2D eigenvalue weighted by Crippen LogP contribution is 2.14. The van der Waals surface area contributed by atoms with Crippen molar-refractivity contribution in [2.45, 2.75) is 18.2 Å². The van der Waals surface area contributed by atoms with E-state index in [4.69, 9.17) is 9.88 Å². The Morgan fingerprint density at radius 1 is 1.62 bits per heavy atom. The van der Waals surface area contributed by atoms with Crippen molar-refractivity contribution < 1.29 is 13.2 Å². The number of imidazole rings is 1. The first-order valence-corrected chi connectivity index (χ1v) is 5.28. The fraction of sp³-hybridized carbons (Fsp3) is 0.500. The molecule has 0 fully saturated rings. The zero-order valence-corrected chi connectivity index (χ0v) is 7.62. The molecule has 72 valence electrons. The van der Waals surface area contributed by atoms with E-state index in [1.54, 1.807) is 4.57 Å². The summed E-state index contributed by atoms with van der Waals surface area (Å²) >= 11 is 0. The fourth-order valence-electron chi connectivity index (χ4n) is 1.30. The summed E-state index contributed by atoms with van der Waals surface area (Å²) < 4.78 is 28.8. The molecule has 7 heteroatoms. The molecule has 0 saturated heterocycles. The van der Waals surface area contributed by atoms with Crippen molar-refractivity contribution in [2.24, 2.45) is 5.14 Å². The predicted molar refractivity (Wildman–Crippen MR) is 43.3 cm³/mol. The highest BCUT2D eigenvalue weighted by atomic mass is 32.2. The second kappa shape index (κ2) is 2.79. The van der Waals surface area contributed by atoms with Crippen LogP contribution in [-0.4, -0.2) is 24.6 Å². The number of primary sulfonamides is 1. The van der Waals surface area contributed by atoms with Crippen LogP contribution < -0.4 is 5.14 Å². The molecule has 0 aliphatic carbocycles. The number of sulfonamides is 1. The number of hydrogen-bond acceptors (Lipinski definition) is 4. The van der Waals surface area contributed by atoms with E-state index in [-0.39, 0.29) is 5.03 Å². The Bertz CT molecular complexity index is 422. The van der Waals surface area contributed by atoms with Gasteiger partial charge in [0.1, 0.15) is 12.4 Å². The second-order valence-corrected chi connectivity index (χ2v) is 4.27. The van der Waals surface area contributed by atoms with Crippen LogP contribution in [0.1, 0.15) is 5.82 Å². The van der Waals surface area contributed by atoms with E-state index in [0.29, 0.717) is 25.6 Å². The van der Waals surface area contributed by atoms with Gasteiger partial charge in [-0.25, -0.2) is 18.5 Å². The highest BCUT2D eigenvalue weighted by molar-refractivity contribution is 7.89. The SMILES string of the molecule is NS(=O)(=O)c1cnc2n1CCOC2. The van der Waals surface area contributed by atoms with Crippen molar-refractivity contribution in [2.75, 3.05) is 6.61 Å². The number of fused-ring (bicyclic) bond motifs is 1. The normalized spacial score (nSPS) is 17.0. The van der Waals surface area contributed by atoms with Gasteiger partial charge in [0.15, 0.2) is 5.03 Å². The van der Waals surface area contributed by atoms with Gasteiger partial charge in [-0.15, -0.1) is 0 Å². The Balaban J connectivity index is 2.55. The van der Waals surface area contributed by atoms with E-state index in [0.717, 1.165) is 0 Å². The zero-order valence-electron chi connectivity index (χ0n) is 6.80. The number of ether oxygens (including phenoxy) is 1. The Kier molecular flexibility index (Phi) is 1.86. The van der Waals surface area contributed by atoms with E-state index in [1.165, 1.54) is 6.20 Å². The Morgan fingerprint density at radius 3 is 3.08 bits per heavy atom. The van der Waals surface area contributed by atoms with Gasteiger partial charge in [0, 0.05) is 6.54 Å². The summed E-state index contributed by atoms with van der Waals surface area (Å²) in [5.74, 6) is 0.607. The van der Waals surface area contributed by atoms with E-state index in [1.807, 2.05) is 0 Å². The summed E-state index contributed by atoms with van der Waals surface area (Å²) in [6, 6.07) is 0. The van der Waals surface area contributed by atoms with Crippen LogP contribution in [0.3, 0.4) is 0 Å². The zero-order chi connectivity index (χ0) is 9.47. The Labute approximate surface area is 75.4 Å². The molecule has 1 aromatic rings. The fourth-order valence-corrected chi connectivity index (χ4v) is 2.00. The lowest BCUT2D eigenvalue weighted by Gasteiger charge is -2.15. The molecule has 0 spiro atoms. The molecule has 0 radical (unpaired) electrons. The topological polar surface area (TPSA) is 87.2 Å². The van der Waals surface area contributed by atoms with Gasteiger partial charge < -0.3 is 9.30 Å². The lowest BCUT2D eigenvalue weighted by Crippen LogP contribution is -2.23. The van der Waals surface area contributed by atoms with Crippen LogP contribution in [0, 0.1) is 0 Å². The number of hydrogen-bond donors (Lipinski definition) is 1. The molecule has 0 unspecified atom stereocenters. The first-order chi connectivity index (χ1) is 6.09. The standard InChI is InChI=1S/C6H9N3O3S/c7-13(10,11)6-3-8-5-4-12-2-1-9(5)6/h3H,1-2,4H2,(H2,7,10,11). The lowest BCUT2D eigenvalue weighted by atomic mass is 10.5. The first-order valence-electron chi connectivity index (χ1n) is 3.74. The molecule has 1 aliphatic rings. The van der Waals surface area contributed by atoms with Gasteiger partial charge in [-0.3, -0.25) is 0 Å². The molecule has 0 bridgehead atoms. The minimum Gasteiger partial charge on any atom is -0.372 e. The maximum absolute atomic E-state index is 11.0. The number of nitrogens with zero attached hydrogens (tertiary/aromatic N) is 2. The lowest BCUT2D eigenvalue weighted by molar-refractivity contribution is 0.0787. The second-order valence-electron chi connectivity index (χ2n) is 2.76. The van der Waals surface area contributed by atoms with Crippen molar-refractivity contribution in [3.8, 4) is 0 Å². The summed E-state index contributed by atoms with van der Waals surface area (Å²) in [7, 11) is -3.66. The third-order valence-electron chi connectivity index (χ3n) is 1.88. The quantitative estimate of drug-likeness (QED) is 0.638. The molecule has 1 aliphatic heterocycles. The molecular formula is C6H9N3O3S. The van der Waals surface area contributed by atoms with Crippen molar-refractivity contribution >= 4 is 10.0 Å². The average Bonchev–Trinajstić information content (AvgIpc) is 2.45. The molecule has 0 atom stereocenters. The molecule has 13 heavy (non-hydrogen) atoms. The van der Waals surface area contributed by atoms with Crippen LogP contribution in [0.4, 0.5) is 0 Å². The van der Waals surface area contributed by atoms with E-state index >= 15 is 0 Å². The number of rotatable bonds is 1. The number of aromatic nitrogens is 2. The largest absolute Gasteiger partial charge is 0.372 e. The minimum atomic E-state index is -3.66. The first kappa shape index (κ1) is 8.67. The van der Waals surface area contributed by atoms with Gasteiger partial charge in [-0.2, -0.15) is 0 Å². The van der Waals surface area contributed by atoms with Crippen LogP contribution in [0.25, 0.3) is 0 Å². The monoisotopic (exact) mass is 203 g/mol. The van der Waals surface area contributed by atoms with Crippen LogP contribution >= 0.6 is 0 Å². The Hall–Kier alpha value is -0.920.